The third kappa shape index (κ3) is 4.51. The fraction of sp³-hybridized carbons (Fsp3) is 0.529. The van der Waals surface area contributed by atoms with Crippen molar-refractivity contribution < 1.29 is 17.9 Å². The summed E-state index contributed by atoms with van der Waals surface area (Å²) in [4.78, 5) is 12.1. The van der Waals surface area contributed by atoms with Gasteiger partial charge >= 0.3 is 5.97 Å². The Labute approximate surface area is 153 Å². The van der Waals surface area contributed by atoms with Crippen LogP contribution in [-0.2, 0) is 14.8 Å². The number of esters is 1. The van der Waals surface area contributed by atoms with Gasteiger partial charge in [0.1, 0.15) is 6.07 Å². The second-order valence-corrected chi connectivity index (χ2v) is 8.93. The third-order valence-electron chi connectivity index (χ3n) is 4.10. The molecule has 1 saturated heterocycles. The quantitative estimate of drug-likeness (QED) is 0.744. The van der Waals surface area contributed by atoms with E-state index in [0.29, 0.717) is 13.1 Å². The Hall–Kier alpha value is -1.62. The maximum absolute atomic E-state index is 12.9. The van der Waals surface area contributed by atoms with Gasteiger partial charge in [0.15, 0.2) is 6.10 Å². The van der Waals surface area contributed by atoms with Gasteiger partial charge in [0, 0.05) is 13.1 Å². The van der Waals surface area contributed by atoms with Gasteiger partial charge in [0.05, 0.1) is 15.5 Å². The van der Waals surface area contributed by atoms with E-state index in [0.717, 1.165) is 6.42 Å². The Bertz CT molecular complexity index is 793. The molecule has 0 amide bonds. The lowest BCUT2D eigenvalue weighted by atomic mass is 9.94. The van der Waals surface area contributed by atoms with Gasteiger partial charge in [-0.1, -0.05) is 25.4 Å². The van der Waals surface area contributed by atoms with Crippen LogP contribution in [0.4, 0.5) is 0 Å². The minimum absolute atomic E-state index is 0.00485. The molecule has 3 atom stereocenters. The Balaban J connectivity index is 2.35. The molecule has 1 aromatic rings. The number of rotatable bonds is 4. The molecule has 25 heavy (non-hydrogen) atoms. The van der Waals surface area contributed by atoms with Gasteiger partial charge in [-0.05, 0) is 43.4 Å². The van der Waals surface area contributed by atoms with E-state index in [-0.39, 0.29) is 27.3 Å². The molecular weight excluding hydrogens is 364 g/mol. The van der Waals surface area contributed by atoms with Gasteiger partial charge in [-0.3, -0.25) is 0 Å². The highest BCUT2D eigenvalue weighted by molar-refractivity contribution is 7.89. The molecular formula is C17H21ClN2O4S. The second-order valence-electron chi connectivity index (χ2n) is 6.59. The van der Waals surface area contributed by atoms with Crippen LogP contribution in [0.1, 0.15) is 37.6 Å². The normalized spacial score (nSPS) is 22.8. The van der Waals surface area contributed by atoms with Crippen molar-refractivity contribution in [3.8, 4) is 6.07 Å². The molecule has 1 heterocycles. The molecule has 8 heteroatoms. The zero-order valence-corrected chi connectivity index (χ0v) is 16.0. The summed E-state index contributed by atoms with van der Waals surface area (Å²) in [5, 5.41) is 8.82. The number of sulfonamides is 1. The number of nitrogens with zero attached hydrogens (tertiary/aromatic N) is 2. The SMILES string of the molecule is C[C@@H]1C[C@@H](C)CN(S(=O)(=O)c2ccc(Cl)c(C(=O)O[C@@H](C)C#N)c2)C1. The molecule has 0 spiro atoms. The van der Waals surface area contributed by atoms with Crippen LogP contribution >= 0.6 is 11.6 Å². The van der Waals surface area contributed by atoms with Gasteiger partial charge in [-0.25, -0.2) is 13.2 Å². The van der Waals surface area contributed by atoms with Crippen molar-refractivity contribution >= 4 is 27.6 Å². The number of halogens is 1. The maximum Gasteiger partial charge on any atom is 0.340 e. The topological polar surface area (TPSA) is 87.5 Å². The van der Waals surface area contributed by atoms with Crippen LogP contribution in [0.25, 0.3) is 0 Å². The van der Waals surface area contributed by atoms with Crippen molar-refractivity contribution in [3.63, 3.8) is 0 Å². The van der Waals surface area contributed by atoms with Crippen molar-refractivity contribution in [2.24, 2.45) is 11.8 Å². The van der Waals surface area contributed by atoms with Crippen molar-refractivity contribution in [1.82, 2.24) is 4.31 Å². The van der Waals surface area contributed by atoms with E-state index in [1.165, 1.54) is 29.4 Å². The van der Waals surface area contributed by atoms with Crippen molar-refractivity contribution in [2.75, 3.05) is 13.1 Å². The molecule has 1 aliphatic heterocycles. The molecule has 0 bridgehead atoms. The highest BCUT2D eigenvalue weighted by Crippen LogP contribution is 2.29. The molecule has 6 nitrogen and oxygen atoms in total. The van der Waals surface area contributed by atoms with Crippen molar-refractivity contribution in [1.29, 1.82) is 5.26 Å². The number of hydrogen-bond donors (Lipinski definition) is 0. The second kappa shape index (κ2) is 7.73. The number of piperidine rings is 1. The lowest BCUT2D eigenvalue weighted by Crippen LogP contribution is -2.42. The van der Waals surface area contributed by atoms with E-state index in [9.17, 15) is 13.2 Å². The molecule has 0 N–H and O–H groups in total. The van der Waals surface area contributed by atoms with Crippen LogP contribution in [0.5, 0.6) is 0 Å². The van der Waals surface area contributed by atoms with E-state index < -0.39 is 22.1 Å². The number of ether oxygens (including phenoxy) is 1. The molecule has 0 radical (unpaired) electrons. The minimum Gasteiger partial charge on any atom is -0.444 e. The minimum atomic E-state index is -3.73. The molecule has 2 rings (SSSR count). The summed E-state index contributed by atoms with van der Waals surface area (Å²) in [6.07, 6.45) is 0.0311. The number of hydrogen-bond acceptors (Lipinski definition) is 5. The summed E-state index contributed by atoms with van der Waals surface area (Å²) in [7, 11) is -3.73. The maximum atomic E-state index is 12.9. The van der Waals surface area contributed by atoms with E-state index in [1.54, 1.807) is 6.07 Å². The summed E-state index contributed by atoms with van der Waals surface area (Å²) >= 11 is 6.01. The number of carbonyl (C=O) groups is 1. The third-order valence-corrected chi connectivity index (χ3v) is 6.25. The van der Waals surface area contributed by atoms with Crippen LogP contribution in [0.15, 0.2) is 23.1 Å². The first-order chi connectivity index (χ1) is 11.6. The molecule has 0 aromatic heterocycles. The Morgan fingerprint density at radius 1 is 1.36 bits per heavy atom. The highest BCUT2D eigenvalue weighted by Gasteiger charge is 2.32. The van der Waals surface area contributed by atoms with E-state index >= 15 is 0 Å². The van der Waals surface area contributed by atoms with Gasteiger partial charge in [-0.15, -0.1) is 0 Å². The first-order valence-electron chi connectivity index (χ1n) is 8.05. The number of benzene rings is 1. The predicted octanol–water partition coefficient (Wildman–Crippen LogP) is 3.08. The molecule has 1 aliphatic rings. The summed E-state index contributed by atoms with van der Waals surface area (Å²) in [6.45, 7) is 6.35. The highest BCUT2D eigenvalue weighted by atomic mass is 35.5. The zero-order chi connectivity index (χ0) is 18.8. The lowest BCUT2D eigenvalue weighted by Gasteiger charge is -2.34. The Morgan fingerprint density at radius 2 is 1.96 bits per heavy atom. The van der Waals surface area contributed by atoms with Gasteiger partial charge < -0.3 is 4.74 Å². The first-order valence-corrected chi connectivity index (χ1v) is 9.87. The zero-order valence-electron chi connectivity index (χ0n) is 14.4. The number of nitriles is 1. The smallest absolute Gasteiger partial charge is 0.340 e. The Morgan fingerprint density at radius 3 is 2.52 bits per heavy atom. The van der Waals surface area contributed by atoms with E-state index in [1.807, 2.05) is 13.8 Å². The average molecular weight is 385 g/mol. The molecule has 0 unspecified atom stereocenters. The number of carbonyl (C=O) groups excluding carboxylic acids is 1. The standard InChI is InChI=1S/C17H21ClN2O4S/c1-11-6-12(2)10-20(9-11)25(22,23)14-4-5-16(18)15(7-14)17(21)24-13(3)8-19/h4-5,7,11-13H,6,9-10H2,1-3H3/t11-,12-,13+/m1/s1. The van der Waals surface area contributed by atoms with Crippen molar-refractivity contribution in [2.45, 2.75) is 38.2 Å². The van der Waals surface area contributed by atoms with Crippen LogP contribution in [-0.4, -0.2) is 37.9 Å². The first kappa shape index (κ1) is 19.7. The van der Waals surface area contributed by atoms with Crippen LogP contribution < -0.4 is 0 Å². The van der Waals surface area contributed by atoms with E-state index in [2.05, 4.69) is 0 Å². The van der Waals surface area contributed by atoms with Crippen LogP contribution in [0, 0.1) is 23.2 Å². The molecule has 0 saturated carbocycles. The van der Waals surface area contributed by atoms with Gasteiger partial charge in [0.2, 0.25) is 10.0 Å². The molecule has 136 valence electrons. The predicted molar refractivity (Wildman–Crippen MR) is 93.6 cm³/mol. The van der Waals surface area contributed by atoms with Gasteiger partial charge in [-0.2, -0.15) is 9.57 Å². The van der Waals surface area contributed by atoms with Gasteiger partial charge in [0.25, 0.3) is 0 Å². The summed E-state index contributed by atoms with van der Waals surface area (Å²) in [6, 6.07) is 5.74. The van der Waals surface area contributed by atoms with E-state index in [4.69, 9.17) is 21.6 Å². The lowest BCUT2D eigenvalue weighted by molar-refractivity contribution is 0.0435. The molecule has 0 aliphatic carbocycles. The largest absolute Gasteiger partial charge is 0.444 e. The molecule has 1 aromatic carbocycles. The summed E-state index contributed by atoms with van der Waals surface area (Å²) < 4.78 is 32.2. The van der Waals surface area contributed by atoms with Crippen LogP contribution in [0.3, 0.4) is 0 Å². The average Bonchev–Trinajstić information content (AvgIpc) is 2.53. The fourth-order valence-corrected chi connectivity index (χ4v) is 4.92. The Kier molecular flexibility index (Phi) is 6.09. The summed E-state index contributed by atoms with van der Waals surface area (Å²) in [5.41, 5.74) is -0.0667. The monoisotopic (exact) mass is 384 g/mol. The fourth-order valence-electron chi connectivity index (χ4n) is 3.02. The molecule has 1 fully saturated rings. The van der Waals surface area contributed by atoms with Crippen molar-refractivity contribution in [3.05, 3.63) is 28.8 Å². The summed E-state index contributed by atoms with van der Waals surface area (Å²) in [5.74, 6) is -0.282. The van der Waals surface area contributed by atoms with Crippen LogP contribution in [0.2, 0.25) is 5.02 Å².